The van der Waals surface area contributed by atoms with Gasteiger partial charge in [-0.2, -0.15) is 0 Å². The summed E-state index contributed by atoms with van der Waals surface area (Å²) in [5, 5.41) is 0.447. The number of thiazole rings is 1. The van der Waals surface area contributed by atoms with Crippen molar-refractivity contribution in [2.45, 2.75) is 45.1 Å². The lowest BCUT2D eigenvalue weighted by atomic mass is 10.2. The van der Waals surface area contributed by atoms with E-state index in [1.165, 1.54) is 11.3 Å². The number of aromatic nitrogens is 1. The summed E-state index contributed by atoms with van der Waals surface area (Å²) in [5.74, 6) is 0.111. The van der Waals surface area contributed by atoms with Crippen LogP contribution in [0.4, 0.5) is 5.13 Å². The zero-order valence-electron chi connectivity index (χ0n) is 9.74. The Morgan fingerprint density at radius 3 is 2.62 bits per heavy atom. The van der Waals surface area contributed by atoms with Gasteiger partial charge >= 0.3 is 5.97 Å². The summed E-state index contributed by atoms with van der Waals surface area (Å²) in [5.41, 5.74) is 5.57. The van der Waals surface area contributed by atoms with Gasteiger partial charge in [-0.1, -0.05) is 0 Å². The molecular weight excluding hydrogens is 224 g/mol. The molecule has 1 aromatic heterocycles. The van der Waals surface area contributed by atoms with Crippen LogP contribution in [-0.2, 0) is 4.74 Å². The van der Waals surface area contributed by atoms with E-state index in [1.807, 2.05) is 20.8 Å². The molecule has 1 fully saturated rings. The summed E-state index contributed by atoms with van der Waals surface area (Å²) in [6.07, 6.45) is 2.24. The van der Waals surface area contributed by atoms with Crippen molar-refractivity contribution < 1.29 is 9.53 Å². The van der Waals surface area contributed by atoms with Gasteiger partial charge in [0.2, 0.25) is 0 Å². The van der Waals surface area contributed by atoms with Crippen LogP contribution in [0.1, 0.15) is 54.9 Å². The molecule has 2 N–H and O–H groups in total. The summed E-state index contributed by atoms with van der Waals surface area (Å²) in [4.78, 5) is 17.0. The summed E-state index contributed by atoms with van der Waals surface area (Å²) in [7, 11) is 0. The van der Waals surface area contributed by atoms with Crippen molar-refractivity contribution >= 4 is 22.4 Å². The van der Waals surface area contributed by atoms with E-state index in [2.05, 4.69) is 4.98 Å². The molecule has 0 spiro atoms. The topological polar surface area (TPSA) is 65.2 Å². The predicted molar refractivity (Wildman–Crippen MR) is 63.7 cm³/mol. The molecule has 1 heterocycles. The van der Waals surface area contributed by atoms with E-state index < -0.39 is 5.60 Å². The maximum Gasteiger partial charge on any atom is 0.358 e. The highest BCUT2D eigenvalue weighted by Crippen LogP contribution is 2.45. The van der Waals surface area contributed by atoms with Crippen LogP contribution in [0, 0.1) is 0 Å². The number of esters is 1. The second kappa shape index (κ2) is 3.73. The molecule has 1 saturated carbocycles. The van der Waals surface area contributed by atoms with Crippen LogP contribution in [-0.4, -0.2) is 16.6 Å². The largest absolute Gasteiger partial charge is 0.455 e. The fourth-order valence-electron chi connectivity index (χ4n) is 1.44. The predicted octanol–water partition coefficient (Wildman–Crippen LogP) is 2.56. The molecule has 4 nitrogen and oxygen atoms in total. The number of carbonyl (C=O) groups excluding carboxylic acids is 1. The molecule has 88 valence electrons. The number of rotatable bonds is 2. The van der Waals surface area contributed by atoms with Gasteiger partial charge in [0, 0.05) is 4.88 Å². The molecule has 0 amide bonds. The molecule has 2 rings (SSSR count). The van der Waals surface area contributed by atoms with Crippen LogP contribution in [0.3, 0.4) is 0 Å². The summed E-state index contributed by atoms with van der Waals surface area (Å²) in [6.45, 7) is 5.53. The molecule has 0 unspecified atom stereocenters. The highest BCUT2D eigenvalue weighted by molar-refractivity contribution is 7.15. The maximum absolute atomic E-state index is 11.9. The fraction of sp³-hybridized carbons (Fsp3) is 0.636. The van der Waals surface area contributed by atoms with Crippen molar-refractivity contribution in [1.82, 2.24) is 4.98 Å². The van der Waals surface area contributed by atoms with E-state index in [1.54, 1.807) is 0 Å². The van der Waals surface area contributed by atoms with E-state index in [4.69, 9.17) is 10.5 Å². The number of nitrogen functional groups attached to an aromatic ring is 1. The third-order valence-corrected chi connectivity index (χ3v) is 3.26. The normalized spacial score (nSPS) is 16.2. The molecule has 0 radical (unpaired) electrons. The molecule has 1 aromatic rings. The van der Waals surface area contributed by atoms with Gasteiger partial charge in [0.05, 0.1) is 0 Å². The first-order valence-corrected chi connectivity index (χ1v) is 6.18. The van der Waals surface area contributed by atoms with Gasteiger partial charge in [0.15, 0.2) is 10.8 Å². The number of hydrogen-bond acceptors (Lipinski definition) is 5. The van der Waals surface area contributed by atoms with Crippen molar-refractivity contribution in [2.24, 2.45) is 0 Å². The average Bonchev–Trinajstić information content (AvgIpc) is 2.87. The summed E-state index contributed by atoms with van der Waals surface area (Å²) in [6, 6.07) is 0. The highest BCUT2D eigenvalue weighted by Gasteiger charge is 2.33. The fourth-order valence-corrected chi connectivity index (χ4v) is 2.43. The minimum atomic E-state index is -0.490. The Morgan fingerprint density at radius 2 is 2.12 bits per heavy atom. The Labute approximate surface area is 98.8 Å². The Kier molecular flexibility index (Phi) is 2.66. The molecule has 0 atom stereocenters. The first-order valence-electron chi connectivity index (χ1n) is 5.36. The number of nitrogens with two attached hydrogens (primary N) is 1. The first kappa shape index (κ1) is 11.4. The minimum absolute atomic E-state index is 0.359. The van der Waals surface area contributed by atoms with E-state index in [0.29, 0.717) is 16.7 Å². The molecule has 5 heteroatoms. The summed E-state index contributed by atoms with van der Waals surface area (Å²) >= 11 is 1.41. The first-order chi connectivity index (χ1) is 7.37. The van der Waals surface area contributed by atoms with Gasteiger partial charge in [-0.15, -0.1) is 11.3 Å². The Hall–Kier alpha value is -1.10. The quantitative estimate of drug-likeness (QED) is 0.807. The van der Waals surface area contributed by atoms with Crippen LogP contribution >= 0.6 is 11.3 Å². The van der Waals surface area contributed by atoms with E-state index >= 15 is 0 Å². The second-order valence-corrected chi connectivity index (χ2v) is 6.10. The lowest BCUT2D eigenvalue weighted by molar-refractivity contribution is 0.00626. The third-order valence-electron chi connectivity index (χ3n) is 2.21. The van der Waals surface area contributed by atoms with Crippen LogP contribution in [0.2, 0.25) is 0 Å². The van der Waals surface area contributed by atoms with Crippen molar-refractivity contribution in [3.8, 4) is 0 Å². The lowest BCUT2D eigenvalue weighted by Gasteiger charge is -2.18. The number of carbonyl (C=O) groups is 1. The van der Waals surface area contributed by atoms with Gasteiger partial charge in [0.1, 0.15) is 5.60 Å². The SMILES string of the molecule is CC(C)(C)OC(=O)c1nc(N)sc1C1CC1. The van der Waals surface area contributed by atoms with Crippen molar-refractivity contribution in [1.29, 1.82) is 0 Å². The summed E-state index contributed by atoms with van der Waals surface area (Å²) < 4.78 is 5.31. The molecule has 16 heavy (non-hydrogen) atoms. The van der Waals surface area contributed by atoms with Gasteiger partial charge in [-0.05, 0) is 39.5 Å². The van der Waals surface area contributed by atoms with Crippen LogP contribution in [0.15, 0.2) is 0 Å². The van der Waals surface area contributed by atoms with Gasteiger partial charge in [-0.3, -0.25) is 0 Å². The molecule has 0 aliphatic heterocycles. The monoisotopic (exact) mass is 240 g/mol. The second-order valence-electron chi connectivity index (χ2n) is 5.04. The molecular formula is C11H16N2O2S. The number of nitrogens with zero attached hydrogens (tertiary/aromatic N) is 1. The Balaban J connectivity index is 2.22. The molecule has 1 aliphatic carbocycles. The smallest absolute Gasteiger partial charge is 0.358 e. The van der Waals surface area contributed by atoms with Crippen LogP contribution in [0.5, 0.6) is 0 Å². The Morgan fingerprint density at radius 1 is 1.50 bits per heavy atom. The highest BCUT2D eigenvalue weighted by atomic mass is 32.1. The zero-order chi connectivity index (χ0) is 11.9. The van der Waals surface area contributed by atoms with E-state index in [9.17, 15) is 4.79 Å². The van der Waals surface area contributed by atoms with Gasteiger partial charge in [-0.25, -0.2) is 9.78 Å². The van der Waals surface area contributed by atoms with Crippen molar-refractivity contribution in [2.75, 3.05) is 5.73 Å². The number of ether oxygens (including phenoxy) is 1. The zero-order valence-corrected chi connectivity index (χ0v) is 10.6. The third kappa shape index (κ3) is 2.52. The van der Waals surface area contributed by atoms with E-state index in [-0.39, 0.29) is 5.97 Å². The molecule has 0 saturated heterocycles. The van der Waals surface area contributed by atoms with Crippen LogP contribution < -0.4 is 5.73 Å². The number of hydrogen-bond donors (Lipinski definition) is 1. The Bertz CT molecular complexity index is 416. The van der Waals surface area contributed by atoms with Crippen LogP contribution in [0.25, 0.3) is 0 Å². The maximum atomic E-state index is 11.9. The van der Waals surface area contributed by atoms with Gasteiger partial charge in [0.25, 0.3) is 0 Å². The van der Waals surface area contributed by atoms with Crippen molar-refractivity contribution in [3.05, 3.63) is 10.6 Å². The van der Waals surface area contributed by atoms with Crippen molar-refractivity contribution in [3.63, 3.8) is 0 Å². The standard InChI is InChI=1S/C11H16N2O2S/c1-11(2,3)15-9(14)7-8(6-4-5-6)16-10(12)13-7/h6H,4-5H2,1-3H3,(H2,12,13). The van der Waals surface area contributed by atoms with E-state index in [0.717, 1.165) is 17.7 Å². The average molecular weight is 240 g/mol. The van der Waals surface area contributed by atoms with Gasteiger partial charge < -0.3 is 10.5 Å². The molecule has 1 aliphatic rings. The molecule has 0 bridgehead atoms. The minimum Gasteiger partial charge on any atom is -0.455 e. The lowest BCUT2D eigenvalue weighted by Crippen LogP contribution is -2.24. The number of anilines is 1. The molecule has 0 aromatic carbocycles.